The summed E-state index contributed by atoms with van der Waals surface area (Å²) in [6.45, 7) is 1.56. The molecular formula is C15H17ClN4O3. The molecule has 23 heavy (non-hydrogen) atoms. The maximum absolute atomic E-state index is 12.3. The molecule has 0 saturated carbocycles. The number of nitrogens with zero attached hydrogens (tertiary/aromatic N) is 3. The number of carbonyl (C=O) groups excluding carboxylic acids is 2. The normalized spacial score (nSPS) is 11.8. The second-order valence-electron chi connectivity index (χ2n) is 5.07. The van der Waals surface area contributed by atoms with Crippen LogP contribution >= 0.6 is 11.6 Å². The van der Waals surface area contributed by atoms with Crippen LogP contribution in [0.15, 0.2) is 36.7 Å². The van der Waals surface area contributed by atoms with Crippen molar-refractivity contribution in [1.82, 2.24) is 14.7 Å². The van der Waals surface area contributed by atoms with E-state index in [0.29, 0.717) is 5.02 Å². The molecule has 0 saturated heterocycles. The summed E-state index contributed by atoms with van der Waals surface area (Å²) in [5.41, 5.74) is 0.236. The molecule has 2 N–H and O–H groups in total. The number of benzene rings is 1. The highest BCUT2D eigenvalue weighted by molar-refractivity contribution is 6.30. The number of halogens is 1. The first-order valence-corrected chi connectivity index (χ1v) is 7.28. The lowest BCUT2D eigenvalue weighted by atomic mass is 10.2. The van der Waals surface area contributed by atoms with Gasteiger partial charge < -0.3 is 15.3 Å². The van der Waals surface area contributed by atoms with Gasteiger partial charge in [0.15, 0.2) is 0 Å². The SMILES string of the molecule is CC(C(=O)N(C)CC(=O)Nc1ccc(Cl)cc1O)n1cccn1. The minimum Gasteiger partial charge on any atom is -0.506 e. The van der Waals surface area contributed by atoms with Gasteiger partial charge in [-0.3, -0.25) is 14.3 Å². The van der Waals surface area contributed by atoms with E-state index >= 15 is 0 Å². The Hall–Kier alpha value is -2.54. The molecule has 1 heterocycles. The Bertz CT molecular complexity index is 703. The molecule has 0 bridgehead atoms. The zero-order chi connectivity index (χ0) is 17.0. The Morgan fingerprint density at radius 1 is 1.48 bits per heavy atom. The van der Waals surface area contributed by atoms with Crippen LogP contribution in [0.5, 0.6) is 5.75 Å². The molecule has 1 unspecified atom stereocenters. The fourth-order valence-corrected chi connectivity index (χ4v) is 2.20. The Kier molecular flexibility index (Phi) is 5.23. The van der Waals surface area contributed by atoms with Crippen LogP contribution in [-0.2, 0) is 9.59 Å². The molecule has 0 fully saturated rings. The number of aromatic hydroxyl groups is 1. The molecule has 0 aliphatic rings. The fourth-order valence-electron chi connectivity index (χ4n) is 2.04. The van der Waals surface area contributed by atoms with Crippen LogP contribution in [0.4, 0.5) is 5.69 Å². The third-order valence-corrected chi connectivity index (χ3v) is 3.51. The molecule has 1 aromatic carbocycles. The van der Waals surface area contributed by atoms with E-state index in [2.05, 4.69) is 10.4 Å². The van der Waals surface area contributed by atoms with E-state index in [4.69, 9.17) is 11.6 Å². The molecule has 7 nitrogen and oxygen atoms in total. The van der Waals surface area contributed by atoms with Gasteiger partial charge in [0, 0.05) is 30.5 Å². The minimum absolute atomic E-state index is 0.135. The van der Waals surface area contributed by atoms with Crippen LogP contribution < -0.4 is 5.32 Å². The van der Waals surface area contributed by atoms with Gasteiger partial charge in [-0.25, -0.2) is 0 Å². The van der Waals surface area contributed by atoms with Gasteiger partial charge >= 0.3 is 0 Å². The number of phenolic OH excluding ortho intramolecular Hbond substituents is 1. The summed E-state index contributed by atoms with van der Waals surface area (Å²) in [5, 5.41) is 16.6. The number of hydrogen-bond donors (Lipinski definition) is 2. The first kappa shape index (κ1) is 16.8. The fraction of sp³-hybridized carbons (Fsp3) is 0.267. The molecule has 0 spiro atoms. The van der Waals surface area contributed by atoms with E-state index in [1.54, 1.807) is 31.5 Å². The van der Waals surface area contributed by atoms with Crippen molar-refractivity contribution in [3.63, 3.8) is 0 Å². The average molecular weight is 337 g/mol. The Labute approximate surface area is 138 Å². The maximum Gasteiger partial charge on any atom is 0.247 e. The van der Waals surface area contributed by atoms with Crippen molar-refractivity contribution >= 4 is 29.1 Å². The topological polar surface area (TPSA) is 87.5 Å². The van der Waals surface area contributed by atoms with Gasteiger partial charge in [0.2, 0.25) is 11.8 Å². The first-order chi connectivity index (χ1) is 10.9. The molecule has 2 amide bonds. The van der Waals surface area contributed by atoms with Gasteiger partial charge in [-0.2, -0.15) is 5.10 Å². The number of hydrogen-bond acceptors (Lipinski definition) is 4. The zero-order valence-electron chi connectivity index (χ0n) is 12.7. The number of carbonyl (C=O) groups is 2. The number of likely N-dealkylation sites (N-methyl/N-ethyl adjacent to an activating group) is 1. The first-order valence-electron chi connectivity index (χ1n) is 6.91. The summed E-state index contributed by atoms with van der Waals surface area (Å²) < 4.78 is 1.52. The van der Waals surface area contributed by atoms with E-state index in [0.717, 1.165) is 0 Å². The predicted molar refractivity (Wildman–Crippen MR) is 86.3 cm³/mol. The summed E-state index contributed by atoms with van der Waals surface area (Å²) in [4.78, 5) is 25.6. The van der Waals surface area contributed by atoms with E-state index in [-0.39, 0.29) is 23.9 Å². The van der Waals surface area contributed by atoms with E-state index in [1.165, 1.54) is 28.8 Å². The van der Waals surface area contributed by atoms with Crippen LogP contribution in [0.2, 0.25) is 5.02 Å². The van der Waals surface area contributed by atoms with Crippen molar-refractivity contribution in [2.24, 2.45) is 0 Å². The second kappa shape index (κ2) is 7.15. The van der Waals surface area contributed by atoms with Crippen molar-refractivity contribution in [2.75, 3.05) is 18.9 Å². The molecular weight excluding hydrogens is 320 g/mol. The molecule has 0 aliphatic carbocycles. The third kappa shape index (κ3) is 4.23. The number of aromatic nitrogens is 2. The minimum atomic E-state index is -0.508. The summed E-state index contributed by atoms with van der Waals surface area (Å²) >= 11 is 5.73. The maximum atomic E-state index is 12.3. The van der Waals surface area contributed by atoms with Crippen LogP contribution in [0, 0.1) is 0 Å². The number of anilines is 1. The zero-order valence-corrected chi connectivity index (χ0v) is 13.5. The summed E-state index contributed by atoms with van der Waals surface area (Å²) in [7, 11) is 1.53. The molecule has 0 radical (unpaired) electrons. The second-order valence-corrected chi connectivity index (χ2v) is 5.50. The van der Waals surface area contributed by atoms with Gasteiger partial charge in [-0.05, 0) is 25.1 Å². The average Bonchev–Trinajstić information content (AvgIpc) is 3.02. The van der Waals surface area contributed by atoms with E-state index in [1.807, 2.05) is 0 Å². The summed E-state index contributed by atoms with van der Waals surface area (Å²) in [6, 6.07) is 5.58. The number of nitrogens with one attached hydrogen (secondary N) is 1. The van der Waals surface area contributed by atoms with Crippen molar-refractivity contribution < 1.29 is 14.7 Å². The highest BCUT2D eigenvalue weighted by atomic mass is 35.5. The summed E-state index contributed by atoms with van der Waals surface area (Å²) in [5.74, 6) is -0.806. The molecule has 1 atom stereocenters. The van der Waals surface area contributed by atoms with Gasteiger partial charge in [0.25, 0.3) is 0 Å². The van der Waals surface area contributed by atoms with Crippen molar-refractivity contribution in [3.05, 3.63) is 41.7 Å². The van der Waals surface area contributed by atoms with Crippen LogP contribution in [0.1, 0.15) is 13.0 Å². The Balaban J connectivity index is 1.95. The highest BCUT2D eigenvalue weighted by Crippen LogP contribution is 2.26. The standard InChI is InChI=1S/C15H17ClN4O3/c1-10(20-7-3-6-17-20)15(23)19(2)9-14(22)18-12-5-4-11(16)8-13(12)21/h3-8,10,21H,9H2,1-2H3,(H,18,22). The molecule has 0 aliphatic heterocycles. The van der Waals surface area contributed by atoms with Crippen molar-refractivity contribution in [2.45, 2.75) is 13.0 Å². The van der Waals surface area contributed by atoms with Crippen LogP contribution in [0.25, 0.3) is 0 Å². The number of phenols is 1. The van der Waals surface area contributed by atoms with Crippen LogP contribution in [-0.4, -0.2) is 45.2 Å². The lowest BCUT2D eigenvalue weighted by molar-refractivity contribution is -0.136. The number of rotatable bonds is 5. The van der Waals surface area contributed by atoms with Gasteiger partial charge in [-0.1, -0.05) is 11.6 Å². The van der Waals surface area contributed by atoms with E-state index < -0.39 is 11.9 Å². The largest absolute Gasteiger partial charge is 0.506 e. The molecule has 8 heteroatoms. The van der Waals surface area contributed by atoms with Crippen LogP contribution in [0.3, 0.4) is 0 Å². The van der Waals surface area contributed by atoms with Crippen molar-refractivity contribution in [1.29, 1.82) is 0 Å². The Morgan fingerprint density at radius 2 is 2.22 bits per heavy atom. The van der Waals surface area contributed by atoms with Gasteiger partial charge in [-0.15, -0.1) is 0 Å². The highest BCUT2D eigenvalue weighted by Gasteiger charge is 2.21. The Morgan fingerprint density at radius 3 is 2.83 bits per heavy atom. The molecule has 2 aromatic rings. The van der Waals surface area contributed by atoms with Crippen molar-refractivity contribution in [3.8, 4) is 5.75 Å². The lowest BCUT2D eigenvalue weighted by Crippen LogP contribution is -2.38. The molecule has 122 valence electrons. The lowest BCUT2D eigenvalue weighted by Gasteiger charge is -2.21. The van der Waals surface area contributed by atoms with Gasteiger partial charge in [0.1, 0.15) is 11.8 Å². The monoisotopic (exact) mass is 336 g/mol. The smallest absolute Gasteiger partial charge is 0.247 e. The molecule has 2 rings (SSSR count). The van der Waals surface area contributed by atoms with E-state index in [9.17, 15) is 14.7 Å². The predicted octanol–water partition coefficient (Wildman–Crippen LogP) is 1.90. The van der Waals surface area contributed by atoms with Gasteiger partial charge in [0.05, 0.1) is 12.2 Å². The third-order valence-electron chi connectivity index (χ3n) is 3.27. The summed E-state index contributed by atoms with van der Waals surface area (Å²) in [6.07, 6.45) is 3.27. The molecule has 1 aromatic heterocycles. The quantitative estimate of drug-likeness (QED) is 0.816. The number of amides is 2.